The van der Waals surface area contributed by atoms with Crippen molar-refractivity contribution in [2.45, 2.75) is 19.9 Å². The summed E-state index contributed by atoms with van der Waals surface area (Å²) in [5.74, 6) is 5.59. The number of nitrogens with two attached hydrogens (primary N) is 1. The second-order valence-corrected chi connectivity index (χ2v) is 6.07. The van der Waals surface area contributed by atoms with Crippen LogP contribution in [-0.2, 0) is 13.0 Å². The number of rotatable bonds is 4. The zero-order chi connectivity index (χ0) is 14.4. The van der Waals surface area contributed by atoms with Crippen LogP contribution in [0.25, 0.3) is 0 Å². The third-order valence-corrected chi connectivity index (χ3v) is 4.51. The molecule has 3 N–H and O–H groups in total. The number of carbonyl (C=O) groups excluding carboxylic acids is 1. The number of hydrogen-bond donors (Lipinski definition) is 2. The number of amides is 1. The molecule has 2 rings (SSSR count). The van der Waals surface area contributed by atoms with Gasteiger partial charge in [-0.25, -0.2) is 4.98 Å². The molecule has 0 aliphatic rings. The minimum absolute atomic E-state index is 0.102. The maximum atomic E-state index is 12.0. The summed E-state index contributed by atoms with van der Waals surface area (Å²) in [5.41, 5.74) is 5.94. The first-order valence-electron chi connectivity index (χ1n) is 6.22. The Labute approximate surface area is 126 Å². The lowest BCUT2D eigenvalue weighted by molar-refractivity contribution is 0.0951. The Kier molecular flexibility index (Phi) is 5.30. The maximum Gasteiger partial charge on any atom is 0.252 e. The van der Waals surface area contributed by atoms with Crippen molar-refractivity contribution in [3.63, 3.8) is 0 Å². The molecule has 2 heterocycles. The quantitative estimate of drug-likeness (QED) is 0.849. The van der Waals surface area contributed by atoms with Gasteiger partial charge in [-0.15, -0.1) is 22.7 Å². The van der Waals surface area contributed by atoms with Crippen LogP contribution >= 0.6 is 22.7 Å². The molecule has 0 radical (unpaired) electrons. The SMILES string of the molecule is CCc1cnc(CNC(=O)c2csc(C#CCN)c2)s1. The average molecular weight is 305 g/mol. The molecule has 1 amide bonds. The minimum atomic E-state index is -0.102. The molecule has 20 heavy (non-hydrogen) atoms. The third-order valence-electron chi connectivity index (χ3n) is 2.53. The Bertz CT molecular complexity index is 649. The van der Waals surface area contributed by atoms with E-state index in [2.05, 4.69) is 29.1 Å². The number of aromatic nitrogens is 1. The largest absolute Gasteiger partial charge is 0.345 e. The Balaban J connectivity index is 1.92. The fraction of sp³-hybridized carbons (Fsp3) is 0.286. The topological polar surface area (TPSA) is 68.0 Å². The lowest BCUT2D eigenvalue weighted by atomic mass is 10.3. The van der Waals surface area contributed by atoms with Crippen molar-refractivity contribution in [1.82, 2.24) is 10.3 Å². The Morgan fingerprint density at radius 2 is 2.40 bits per heavy atom. The summed E-state index contributed by atoms with van der Waals surface area (Å²) in [7, 11) is 0. The van der Waals surface area contributed by atoms with Gasteiger partial charge in [-0.3, -0.25) is 4.79 Å². The van der Waals surface area contributed by atoms with Crippen molar-refractivity contribution in [3.05, 3.63) is 38.0 Å². The van der Waals surface area contributed by atoms with Gasteiger partial charge in [-0.2, -0.15) is 0 Å². The number of carbonyl (C=O) groups is 1. The second kappa shape index (κ2) is 7.20. The molecule has 0 bridgehead atoms. The van der Waals surface area contributed by atoms with Gasteiger partial charge in [0.15, 0.2) is 0 Å². The van der Waals surface area contributed by atoms with Crippen LogP contribution in [0.1, 0.15) is 32.0 Å². The normalized spacial score (nSPS) is 9.90. The van der Waals surface area contributed by atoms with Crippen molar-refractivity contribution in [1.29, 1.82) is 0 Å². The summed E-state index contributed by atoms with van der Waals surface area (Å²) in [6.45, 7) is 2.87. The highest BCUT2D eigenvalue weighted by Crippen LogP contribution is 2.15. The molecule has 0 saturated heterocycles. The Morgan fingerprint density at radius 3 is 3.10 bits per heavy atom. The molecule has 0 atom stereocenters. The number of aryl methyl sites for hydroxylation is 1. The van der Waals surface area contributed by atoms with E-state index in [9.17, 15) is 4.79 Å². The highest BCUT2D eigenvalue weighted by Gasteiger charge is 2.09. The van der Waals surface area contributed by atoms with Crippen molar-refractivity contribution in [3.8, 4) is 11.8 Å². The molecule has 2 aromatic rings. The molecular weight excluding hydrogens is 290 g/mol. The van der Waals surface area contributed by atoms with E-state index in [4.69, 9.17) is 5.73 Å². The first-order chi connectivity index (χ1) is 9.72. The van der Waals surface area contributed by atoms with Gasteiger partial charge in [0.1, 0.15) is 5.01 Å². The van der Waals surface area contributed by atoms with E-state index in [0.29, 0.717) is 18.7 Å². The number of nitrogens with zero attached hydrogens (tertiary/aromatic N) is 1. The molecule has 0 aliphatic carbocycles. The van der Waals surface area contributed by atoms with Crippen LogP contribution in [-0.4, -0.2) is 17.4 Å². The highest BCUT2D eigenvalue weighted by molar-refractivity contribution is 7.11. The highest BCUT2D eigenvalue weighted by atomic mass is 32.1. The monoisotopic (exact) mass is 305 g/mol. The van der Waals surface area contributed by atoms with Crippen molar-refractivity contribution in [2.75, 3.05) is 6.54 Å². The second-order valence-electron chi connectivity index (χ2n) is 3.96. The molecule has 0 aromatic carbocycles. The predicted molar refractivity (Wildman–Crippen MR) is 82.9 cm³/mol. The van der Waals surface area contributed by atoms with Crippen LogP contribution < -0.4 is 11.1 Å². The van der Waals surface area contributed by atoms with Crippen LogP contribution in [0.4, 0.5) is 0 Å². The Hall–Kier alpha value is -1.68. The summed E-state index contributed by atoms with van der Waals surface area (Å²) in [4.78, 5) is 18.3. The molecule has 104 valence electrons. The zero-order valence-corrected chi connectivity index (χ0v) is 12.7. The Morgan fingerprint density at radius 1 is 1.55 bits per heavy atom. The van der Waals surface area contributed by atoms with Crippen LogP contribution in [0.15, 0.2) is 17.6 Å². The standard InChI is InChI=1S/C14H15N3OS2/c1-2-11-7-16-13(20-11)8-17-14(18)10-6-12(19-9-10)4-3-5-15/h6-7,9H,2,5,8,15H2,1H3,(H,17,18). The van der Waals surface area contributed by atoms with E-state index in [1.165, 1.54) is 16.2 Å². The summed E-state index contributed by atoms with van der Waals surface area (Å²) in [5, 5.41) is 5.59. The van der Waals surface area contributed by atoms with Crippen molar-refractivity contribution in [2.24, 2.45) is 5.73 Å². The minimum Gasteiger partial charge on any atom is -0.345 e. The fourth-order valence-electron chi connectivity index (χ4n) is 1.51. The van der Waals surface area contributed by atoms with Gasteiger partial charge in [0.25, 0.3) is 5.91 Å². The van der Waals surface area contributed by atoms with E-state index in [0.717, 1.165) is 16.3 Å². The number of thiazole rings is 1. The average Bonchev–Trinajstić information content (AvgIpc) is 3.11. The van der Waals surface area contributed by atoms with E-state index >= 15 is 0 Å². The number of thiophene rings is 1. The van der Waals surface area contributed by atoms with Gasteiger partial charge >= 0.3 is 0 Å². The first-order valence-corrected chi connectivity index (χ1v) is 7.91. The predicted octanol–water partition coefficient (Wildman–Crippen LogP) is 2.01. The van der Waals surface area contributed by atoms with Gasteiger partial charge in [0.2, 0.25) is 0 Å². The third kappa shape index (κ3) is 3.90. The number of nitrogens with one attached hydrogen (secondary N) is 1. The van der Waals surface area contributed by atoms with Gasteiger partial charge < -0.3 is 11.1 Å². The zero-order valence-electron chi connectivity index (χ0n) is 11.1. The fourth-order valence-corrected chi connectivity index (χ4v) is 3.07. The van der Waals surface area contributed by atoms with Crippen LogP contribution in [0.3, 0.4) is 0 Å². The van der Waals surface area contributed by atoms with Gasteiger partial charge in [-0.05, 0) is 12.5 Å². The molecule has 0 unspecified atom stereocenters. The smallest absolute Gasteiger partial charge is 0.252 e. The molecule has 0 saturated carbocycles. The van der Waals surface area contributed by atoms with E-state index in [1.807, 2.05) is 6.20 Å². The summed E-state index contributed by atoms with van der Waals surface area (Å²) >= 11 is 3.07. The van der Waals surface area contributed by atoms with Gasteiger partial charge in [-0.1, -0.05) is 18.8 Å². The molecule has 6 heteroatoms. The lowest BCUT2D eigenvalue weighted by Gasteiger charge is -2.00. The van der Waals surface area contributed by atoms with Gasteiger partial charge in [0, 0.05) is 16.5 Å². The van der Waals surface area contributed by atoms with Crippen LogP contribution in [0, 0.1) is 11.8 Å². The van der Waals surface area contributed by atoms with E-state index < -0.39 is 0 Å². The molecular formula is C14H15N3OS2. The van der Waals surface area contributed by atoms with Crippen LogP contribution in [0.2, 0.25) is 0 Å². The molecule has 0 fully saturated rings. The maximum absolute atomic E-state index is 12.0. The summed E-state index contributed by atoms with van der Waals surface area (Å²) < 4.78 is 0. The first kappa shape index (κ1) is 14.7. The molecule has 2 aromatic heterocycles. The van der Waals surface area contributed by atoms with Crippen molar-refractivity contribution >= 4 is 28.6 Å². The summed E-state index contributed by atoms with van der Waals surface area (Å²) in [6.07, 6.45) is 2.83. The lowest BCUT2D eigenvalue weighted by Crippen LogP contribution is -2.22. The van der Waals surface area contributed by atoms with E-state index in [-0.39, 0.29) is 5.91 Å². The number of hydrogen-bond acceptors (Lipinski definition) is 5. The van der Waals surface area contributed by atoms with E-state index in [1.54, 1.807) is 22.8 Å². The summed E-state index contributed by atoms with van der Waals surface area (Å²) in [6, 6.07) is 1.78. The molecule has 0 spiro atoms. The molecule has 0 aliphatic heterocycles. The van der Waals surface area contributed by atoms with Gasteiger partial charge in [0.05, 0.1) is 23.5 Å². The molecule has 4 nitrogen and oxygen atoms in total. The van der Waals surface area contributed by atoms with Crippen LogP contribution in [0.5, 0.6) is 0 Å². The van der Waals surface area contributed by atoms with Crippen molar-refractivity contribution < 1.29 is 4.79 Å².